The highest BCUT2D eigenvalue weighted by Crippen LogP contribution is 2.28. The number of halogens is 1. The Morgan fingerprint density at radius 1 is 1.14 bits per heavy atom. The maximum absolute atomic E-state index is 11.0. The van der Waals surface area contributed by atoms with Crippen LogP contribution in [0.15, 0.2) is 48.5 Å². The molecule has 0 radical (unpaired) electrons. The number of rotatable bonds is 4. The third-order valence-corrected chi connectivity index (χ3v) is 4.34. The van der Waals surface area contributed by atoms with Crippen LogP contribution in [0.3, 0.4) is 0 Å². The number of thiophene rings is 1. The molecule has 3 rings (SSSR count). The summed E-state index contributed by atoms with van der Waals surface area (Å²) in [5.41, 5.74) is 0.300. The number of carboxylic acid groups (broad SMARTS) is 1. The molecule has 0 atom stereocenters. The van der Waals surface area contributed by atoms with E-state index in [1.807, 2.05) is 24.3 Å². The van der Waals surface area contributed by atoms with Crippen LogP contribution in [0.2, 0.25) is 5.02 Å². The number of carboxylic acids is 1. The maximum atomic E-state index is 11.0. The number of carbonyl (C=O) groups is 1. The van der Waals surface area contributed by atoms with Crippen LogP contribution in [0.4, 0.5) is 0 Å². The number of benzene rings is 2. The number of ether oxygens (including phenoxy) is 1. The van der Waals surface area contributed by atoms with Gasteiger partial charge in [-0.3, -0.25) is 0 Å². The molecule has 2 aromatic carbocycles. The fourth-order valence-corrected chi connectivity index (χ4v) is 3.12. The largest absolute Gasteiger partial charge is 0.488 e. The van der Waals surface area contributed by atoms with Crippen LogP contribution in [-0.4, -0.2) is 11.1 Å². The van der Waals surface area contributed by atoms with Gasteiger partial charge < -0.3 is 9.84 Å². The minimum absolute atomic E-state index is 0.300. The molecule has 0 bridgehead atoms. The van der Waals surface area contributed by atoms with Crippen molar-refractivity contribution in [2.45, 2.75) is 6.61 Å². The van der Waals surface area contributed by atoms with E-state index in [0.717, 1.165) is 20.7 Å². The van der Waals surface area contributed by atoms with Crippen LogP contribution in [0, 0.1) is 0 Å². The molecule has 0 fully saturated rings. The average Bonchev–Trinajstić information content (AvgIpc) is 2.88. The highest BCUT2D eigenvalue weighted by atomic mass is 35.5. The van der Waals surface area contributed by atoms with Gasteiger partial charge in [0.1, 0.15) is 12.4 Å². The Labute approximate surface area is 130 Å². The van der Waals surface area contributed by atoms with Gasteiger partial charge in [-0.1, -0.05) is 17.7 Å². The molecular formula is C16H11ClO3S. The molecular weight excluding hydrogens is 308 g/mol. The lowest BCUT2D eigenvalue weighted by Gasteiger charge is -2.03. The Morgan fingerprint density at radius 3 is 2.62 bits per heavy atom. The van der Waals surface area contributed by atoms with Crippen molar-refractivity contribution < 1.29 is 14.6 Å². The quantitative estimate of drug-likeness (QED) is 0.749. The van der Waals surface area contributed by atoms with E-state index in [1.54, 1.807) is 24.3 Å². The summed E-state index contributed by atoms with van der Waals surface area (Å²) in [6, 6.07) is 14.3. The average molecular weight is 319 g/mol. The van der Waals surface area contributed by atoms with Gasteiger partial charge in [0.25, 0.3) is 0 Å². The molecule has 3 nitrogen and oxygen atoms in total. The van der Waals surface area contributed by atoms with Gasteiger partial charge in [0.15, 0.2) is 0 Å². The Bertz CT molecular complexity index is 793. The normalized spacial score (nSPS) is 10.7. The predicted molar refractivity (Wildman–Crippen MR) is 84.6 cm³/mol. The zero-order valence-corrected chi connectivity index (χ0v) is 12.4. The molecule has 0 saturated carbocycles. The van der Waals surface area contributed by atoms with Crippen LogP contribution in [0.5, 0.6) is 5.75 Å². The third-order valence-electron chi connectivity index (χ3n) is 3.01. The van der Waals surface area contributed by atoms with Crippen molar-refractivity contribution >= 4 is 39.0 Å². The van der Waals surface area contributed by atoms with Gasteiger partial charge in [0.2, 0.25) is 0 Å². The van der Waals surface area contributed by atoms with Crippen LogP contribution in [0.25, 0.3) is 10.1 Å². The van der Waals surface area contributed by atoms with Crippen LogP contribution < -0.4 is 4.74 Å². The molecule has 0 aliphatic carbocycles. The molecule has 1 N–H and O–H groups in total. The number of hydrogen-bond acceptors (Lipinski definition) is 3. The lowest BCUT2D eigenvalue weighted by molar-refractivity contribution is 0.0697. The second kappa shape index (κ2) is 5.76. The van der Waals surface area contributed by atoms with Gasteiger partial charge in [0.05, 0.1) is 5.56 Å². The van der Waals surface area contributed by atoms with Crippen LogP contribution in [-0.2, 0) is 6.61 Å². The van der Waals surface area contributed by atoms with Crippen molar-refractivity contribution in [3.63, 3.8) is 0 Å². The van der Waals surface area contributed by atoms with E-state index in [2.05, 4.69) is 0 Å². The topological polar surface area (TPSA) is 46.5 Å². The molecule has 0 aliphatic rings. The Kier molecular flexibility index (Phi) is 3.82. The van der Waals surface area contributed by atoms with Gasteiger partial charge >= 0.3 is 5.97 Å². The highest BCUT2D eigenvalue weighted by Gasteiger charge is 2.07. The maximum Gasteiger partial charge on any atom is 0.335 e. The van der Waals surface area contributed by atoms with Crippen molar-refractivity contribution in [3.05, 3.63) is 64.0 Å². The standard InChI is InChI=1S/C16H11ClO3S/c17-12-3-5-13(6-4-12)20-9-14-7-10-1-2-11(16(18)19)8-15(10)21-14/h1-8H,9H2,(H,18,19). The van der Waals surface area contributed by atoms with E-state index < -0.39 is 5.97 Å². The van der Waals surface area contributed by atoms with Gasteiger partial charge in [-0.05, 0) is 47.9 Å². The molecule has 106 valence electrons. The summed E-state index contributed by atoms with van der Waals surface area (Å²) in [6.45, 7) is 0.448. The minimum atomic E-state index is -0.913. The lowest BCUT2D eigenvalue weighted by atomic mass is 10.2. The lowest BCUT2D eigenvalue weighted by Crippen LogP contribution is -1.94. The summed E-state index contributed by atoms with van der Waals surface area (Å²) in [4.78, 5) is 12.0. The number of hydrogen-bond donors (Lipinski definition) is 1. The van der Waals surface area contributed by atoms with Crippen molar-refractivity contribution in [1.29, 1.82) is 0 Å². The molecule has 0 spiro atoms. The van der Waals surface area contributed by atoms with Crippen molar-refractivity contribution in [2.24, 2.45) is 0 Å². The summed E-state index contributed by atoms with van der Waals surface area (Å²) >= 11 is 7.36. The van der Waals surface area contributed by atoms with E-state index in [1.165, 1.54) is 11.3 Å². The zero-order valence-electron chi connectivity index (χ0n) is 10.9. The van der Waals surface area contributed by atoms with Crippen molar-refractivity contribution in [2.75, 3.05) is 0 Å². The molecule has 1 heterocycles. The predicted octanol–water partition coefficient (Wildman–Crippen LogP) is 4.83. The SMILES string of the molecule is O=C(O)c1ccc2cc(COc3ccc(Cl)cc3)sc2c1. The molecule has 0 amide bonds. The van der Waals surface area contributed by atoms with Crippen LogP contribution in [0.1, 0.15) is 15.2 Å². The first-order chi connectivity index (χ1) is 10.1. The Morgan fingerprint density at radius 2 is 1.90 bits per heavy atom. The number of fused-ring (bicyclic) bond motifs is 1. The first kappa shape index (κ1) is 13.9. The second-order valence-corrected chi connectivity index (χ2v) is 6.12. The van der Waals surface area contributed by atoms with Gasteiger partial charge in [0, 0.05) is 14.6 Å². The molecule has 0 unspecified atom stereocenters. The van der Waals surface area contributed by atoms with E-state index in [-0.39, 0.29) is 0 Å². The smallest absolute Gasteiger partial charge is 0.335 e. The first-order valence-corrected chi connectivity index (χ1v) is 7.45. The fraction of sp³-hybridized carbons (Fsp3) is 0.0625. The summed E-state index contributed by atoms with van der Waals surface area (Å²) in [5, 5.41) is 10.7. The van der Waals surface area contributed by atoms with Crippen molar-refractivity contribution in [3.8, 4) is 5.75 Å². The summed E-state index contributed by atoms with van der Waals surface area (Å²) in [5.74, 6) is -0.160. The molecule has 3 aromatic rings. The Balaban J connectivity index is 1.78. The van der Waals surface area contributed by atoms with E-state index in [4.69, 9.17) is 21.4 Å². The third kappa shape index (κ3) is 3.17. The van der Waals surface area contributed by atoms with Gasteiger partial charge in [-0.2, -0.15) is 0 Å². The molecule has 0 aliphatic heterocycles. The molecule has 0 saturated heterocycles. The van der Waals surface area contributed by atoms with Crippen LogP contribution >= 0.6 is 22.9 Å². The van der Waals surface area contributed by atoms with E-state index in [9.17, 15) is 4.79 Å². The van der Waals surface area contributed by atoms with E-state index in [0.29, 0.717) is 17.2 Å². The Hall–Kier alpha value is -2.04. The summed E-state index contributed by atoms with van der Waals surface area (Å²) in [7, 11) is 0. The zero-order chi connectivity index (χ0) is 14.8. The van der Waals surface area contributed by atoms with Gasteiger partial charge in [-0.15, -0.1) is 11.3 Å². The fourth-order valence-electron chi connectivity index (χ4n) is 1.98. The van der Waals surface area contributed by atoms with E-state index >= 15 is 0 Å². The highest BCUT2D eigenvalue weighted by molar-refractivity contribution is 7.19. The molecule has 21 heavy (non-hydrogen) atoms. The summed E-state index contributed by atoms with van der Waals surface area (Å²) < 4.78 is 6.64. The molecule has 5 heteroatoms. The summed E-state index contributed by atoms with van der Waals surface area (Å²) in [6.07, 6.45) is 0. The van der Waals surface area contributed by atoms with Gasteiger partial charge in [-0.25, -0.2) is 4.79 Å². The second-order valence-electron chi connectivity index (χ2n) is 4.51. The monoisotopic (exact) mass is 318 g/mol. The van der Waals surface area contributed by atoms with Crippen molar-refractivity contribution in [1.82, 2.24) is 0 Å². The molecule has 1 aromatic heterocycles. The minimum Gasteiger partial charge on any atom is -0.488 e. The number of aromatic carboxylic acids is 1. The first-order valence-electron chi connectivity index (χ1n) is 6.26.